The zero-order valence-corrected chi connectivity index (χ0v) is 14.2. The SMILES string of the molecule is C=CC(=C)CC(=O)C1C(=C)CCC2C(C)(C)C(=O)CCC12C. The Morgan fingerprint density at radius 2 is 1.95 bits per heavy atom. The van der Waals surface area contributed by atoms with E-state index in [1.165, 1.54) is 0 Å². The Hall–Kier alpha value is -1.44. The summed E-state index contributed by atoms with van der Waals surface area (Å²) in [6.07, 6.45) is 5.14. The molecule has 2 rings (SSSR count). The second kappa shape index (κ2) is 5.64. The Balaban J connectivity index is 2.38. The predicted octanol–water partition coefficient (Wildman–Crippen LogP) is 4.67. The van der Waals surface area contributed by atoms with Crippen LogP contribution in [-0.4, -0.2) is 11.6 Å². The molecule has 0 bridgehead atoms. The number of hydrogen-bond acceptors (Lipinski definition) is 2. The number of Topliss-reactive ketones (excluding diaryl/α,β-unsaturated/α-hetero) is 2. The van der Waals surface area contributed by atoms with Crippen LogP contribution in [-0.2, 0) is 9.59 Å². The molecule has 0 aromatic carbocycles. The highest BCUT2D eigenvalue weighted by atomic mass is 16.1. The number of hydrogen-bond donors (Lipinski definition) is 0. The van der Waals surface area contributed by atoms with E-state index < -0.39 is 0 Å². The van der Waals surface area contributed by atoms with E-state index in [2.05, 4.69) is 40.5 Å². The van der Waals surface area contributed by atoms with Crippen molar-refractivity contribution in [3.63, 3.8) is 0 Å². The maximum Gasteiger partial charge on any atom is 0.144 e. The average Bonchev–Trinajstić information content (AvgIpc) is 2.42. The van der Waals surface area contributed by atoms with Crippen LogP contribution in [0.2, 0.25) is 0 Å². The fourth-order valence-corrected chi connectivity index (χ4v) is 4.87. The second-order valence-corrected chi connectivity index (χ2v) is 7.84. The summed E-state index contributed by atoms with van der Waals surface area (Å²) in [6, 6.07) is 0. The molecule has 3 atom stereocenters. The summed E-state index contributed by atoms with van der Waals surface area (Å²) in [5.74, 6) is 0.615. The van der Waals surface area contributed by atoms with Crippen molar-refractivity contribution in [2.75, 3.05) is 0 Å². The first kappa shape index (κ1) is 16.9. The number of carbonyl (C=O) groups is 2. The summed E-state index contributed by atoms with van der Waals surface area (Å²) in [6.45, 7) is 18.1. The summed E-state index contributed by atoms with van der Waals surface area (Å²) < 4.78 is 0. The Morgan fingerprint density at radius 1 is 1.32 bits per heavy atom. The Labute approximate surface area is 134 Å². The maximum absolute atomic E-state index is 12.9. The zero-order valence-electron chi connectivity index (χ0n) is 14.2. The van der Waals surface area contributed by atoms with Gasteiger partial charge in [0.2, 0.25) is 0 Å². The third-order valence-corrected chi connectivity index (χ3v) is 6.11. The number of carbonyl (C=O) groups excluding carboxylic acids is 2. The topological polar surface area (TPSA) is 34.1 Å². The van der Waals surface area contributed by atoms with Gasteiger partial charge in [-0.2, -0.15) is 0 Å². The molecule has 0 heterocycles. The molecule has 2 aliphatic carbocycles. The van der Waals surface area contributed by atoms with Crippen molar-refractivity contribution in [3.05, 3.63) is 37.0 Å². The van der Waals surface area contributed by atoms with Crippen LogP contribution in [0.4, 0.5) is 0 Å². The average molecular weight is 300 g/mol. The van der Waals surface area contributed by atoms with Gasteiger partial charge in [-0.15, -0.1) is 0 Å². The van der Waals surface area contributed by atoms with E-state index in [0.717, 1.165) is 30.4 Å². The van der Waals surface area contributed by atoms with Crippen molar-refractivity contribution in [2.45, 2.75) is 52.9 Å². The number of allylic oxidation sites excluding steroid dienone is 3. The van der Waals surface area contributed by atoms with E-state index in [9.17, 15) is 9.59 Å². The van der Waals surface area contributed by atoms with Crippen LogP contribution in [0, 0.1) is 22.7 Å². The van der Waals surface area contributed by atoms with E-state index in [4.69, 9.17) is 0 Å². The standard InChI is InChI=1S/C20H28O2/c1-7-13(2)12-15(21)18-14(3)8-9-16-19(4,5)17(22)10-11-20(16,18)6/h7,16,18H,1-3,8-12H2,4-6H3. The van der Waals surface area contributed by atoms with Crippen molar-refractivity contribution in [2.24, 2.45) is 22.7 Å². The van der Waals surface area contributed by atoms with Crippen LogP contribution >= 0.6 is 0 Å². The molecule has 120 valence electrons. The third-order valence-electron chi connectivity index (χ3n) is 6.11. The lowest BCUT2D eigenvalue weighted by Crippen LogP contribution is -2.54. The van der Waals surface area contributed by atoms with Crippen LogP contribution in [0.25, 0.3) is 0 Å². The highest BCUT2D eigenvalue weighted by Gasteiger charge is 2.57. The lowest BCUT2D eigenvalue weighted by atomic mass is 9.46. The van der Waals surface area contributed by atoms with E-state index in [1.54, 1.807) is 6.08 Å². The van der Waals surface area contributed by atoms with Gasteiger partial charge in [-0.3, -0.25) is 9.59 Å². The molecular weight excluding hydrogens is 272 g/mol. The van der Waals surface area contributed by atoms with Crippen LogP contribution in [0.15, 0.2) is 37.0 Å². The van der Waals surface area contributed by atoms with Gasteiger partial charge in [-0.25, -0.2) is 0 Å². The largest absolute Gasteiger partial charge is 0.299 e. The van der Waals surface area contributed by atoms with E-state index in [1.807, 2.05) is 0 Å². The van der Waals surface area contributed by atoms with Crippen LogP contribution < -0.4 is 0 Å². The quantitative estimate of drug-likeness (QED) is 0.558. The van der Waals surface area contributed by atoms with Crippen molar-refractivity contribution in [3.8, 4) is 0 Å². The normalized spacial score (nSPS) is 34.0. The number of ketones is 2. The Kier molecular flexibility index (Phi) is 4.34. The molecule has 2 aliphatic rings. The van der Waals surface area contributed by atoms with Crippen molar-refractivity contribution in [1.29, 1.82) is 0 Å². The van der Waals surface area contributed by atoms with Gasteiger partial charge in [-0.1, -0.05) is 52.2 Å². The molecular formula is C20H28O2. The summed E-state index contributed by atoms with van der Waals surface area (Å²) in [7, 11) is 0. The lowest BCUT2D eigenvalue weighted by molar-refractivity contribution is -0.149. The van der Waals surface area contributed by atoms with Gasteiger partial charge in [0, 0.05) is 24.2 Å². The fourth-order valence-electron chi connectivity index (χ4n) is 4.87. The molecule has 0 aromatic heterocycles. The molecule has 0 spiro atoms. The van der Waals surface area contributed by atoms with Crippen LogP contribution in [0.5, 0.6) is 0 Å². The summed E-state index contributed by atoms with van der Waals surface area (Å²) in [4.78, 5) is 25.2. The minimum atomic E-state index is -0.346. The molecule has 22 heavy (non-hydrogen) atoms. The van der Waals surface area contributed by atoms with E-state index >= 15 is 0 Å². The predicted molar refractivity (Wildman–Crippen MR) is 90.4 cm³/mol. The van der Waals surface area contributed by atoms with Gasteiger partial charge in [0.25, 0.3) is 0 Å². The van der Waals surface area contributed by atoms with Gasteiger partial charge in [0.15, 0.2) is 0 Å². The van der Waals surface area contributed by atoms with Crippen LogP contribution in [0.1, 0.15) is 52.9 Å². The smallest absolute Gasteiger partial charge is 0.144 e. The molecule has 0 saturated heterocycles. The third kappa shape index (κ3) is 2.53. The first-order valence-corrected chi connectivity index (χ1v) is 8.18. The van der Waals surface area contributed by atoms with Gasteiger partial charge in [0.05, 0.1) is 0 Å². The van der Waals surface area contributed by atoms with Crippen LogP contribution in [0.3, 0.4) is 0 Å². The molecule has 0 aliphatic heterocycles. The summed E-state index contributed by atoms with van der Waals surface area (Å²) in [5.41, 5.74) is 1.29. The zero-order chi connectivity index (χ0) is 16.7. The van der Waals surface area contributed by atoms with Crippen molar-refractivity contribution < 1.29 is 9.59 Å². The minimum absolute atomic E-state index is 0.157. The summed E-state index contributed by atoms with van der Waals surface area (Å²) >= 11 is 0. The van der Waals surface area contributed by atoms with Crippen molar-refractivity contribution in [1.82, 2.24) is 0 Å². The molecule has 2 fully saturated rings. The van der Waals surface area contributed by atoms with Gasteiger partial charge in [0.1, 0.15) is 11.6 Å². The highest BCUT2D eigenvalue weighted by molar-refractivity contribution is 5.89. The molecule has 3 unspecified atom stereocenters. The van der Waals surface area contributed by atoms with Crippen molar-refractivity contribution >= 4 is 11.6 Å². The molecule has 0 radical (unpaired) electrons. The first-order chi connectivity index (χ1) is 10.1. The number of rotatable bonds is 4. The van der Waals surface area contributed by atoms with Gasteiger partial charge in [-0.05, 0) is 36.2 Å². The number of fused-ring (bicyclic) bond motifs is 1. The Bertz CT molecular complexity index is 552. The maximum atomic E-state index is 12.9. The second-order valence-electron chi connectivity index (χ2n) is 7.84. The fraction of sp³-hybridized carbons (Fsp3) is 0.600. The molecule has 2 heteroatoms. The molecule has 0 aromatic rings. The van der Waals surface area contributed by atoms with E-state index in [-0.39, 0.29) is 28.4 Å². The van der Waals surface area contributed by atoms with Gasteiger partial charge < -0.3 is 0 Å². The summed E-state index contributed by atoms with van der Waals surface area (Å²) in [5, 5.41) is 0. The molecule has 0 amide bonds. The minimum Gasteiger partial charge on any atom is -0.299 e. The highest BCUT2D eigenvalue weighted by Crippen LogP contribution is 2.60. The molecule has 2 saturated carbocycles. The molecule has 2 nitrogen and oxygen atoms in total. The Morgan fingerprint density at radius 3 is 2.55 bits per heavy atom. The van der Waals surface area contributed by atoms with E-state index in [0.29, 0.717) is 18.6 Å². The lowest BCUT2D eigenvalue weighted by Gasteiger charge is -2.56. The van der Waals surface area contributed by atoms with Gasteiger partial charge >= 0.3 is 0 Å². The first-order valence-electron chi connectivity index (χ1n) is 8.18. The molecule has 0 N–H and O–H groups in total. The monoisotopic (exact) mass is 300 g/mol.